The molecule has 9 heteroatoms. The molecule has 0 radical (unpaired) electrons. The molecule has 5 aromatic carbocycles. The Morgan fingerprint density at radius 2 is 1.35 bits per heavy atom. The minimum absolute atomic E-state index is 0.00255. The molecule has 0 spiro atoms. The van der Waals surface area contributed by atoms with Crippen LogP contribution in [0.2, 0.25) is 0 Å². The highest BCUT2D eigenvalue weighted by atomic mass is 16.6. The molecule has 2 atom stereocenters. The van der Waals surface area contributed by atoms with Crippen LogP contribution in [0.3, 0.4) is 0 Å². The van der Waals surface area contributed by atoms with Gasteiger partial charge in [0.15, 0.2) is 6.10 Å². The summed E-state index contributed by atoms with van der Waals surface area (Å²) in [6.45, 7) is 7.46. The number of aryl methyl sites for hydroxylation is 1. The van der Waals surface area contributed by atoms with Gasteiger partial charge in [0.25, 0.3) is 0 Å². The van der Waals surface area contributed by atoms with Crippen LogP contribution in [-0.4, -0.2) is 48.1 Å². The molecule has 1 N–H and O–H groups in total. The van der Waals surface area contributed by atoms with Crippen LogP contribution in [0.1, 0.15) is 66.2 Å². The average molecular weight is 737 g/mol. The summed E-state index contributed by atoms with van der Waals surface area (Å²) >= 11 is 0. The molecule has 1 aliphatic rings. The van der Waals surface area contributed by atoms with E-state index in [1.54, 1.807) is 34.1 Å². The monoisotopic (exact) mass is 736 g/mol. The van der Waals surface area contributed by atoms with Crippen molar-refractivity contribution in [1.82, 2.24) is 9.88 Å². The SMILES string of the molecule is COc1ccc(C(OC(=O)[C@H](Cc2cn(C(=O)OC(C)(C)C)c3ccccc23)NC(=O)OCC2c3ccccc3-c3ccccc32)c2ccc(C)cc2)cc1. The van der Waals surface area contributed by atoms with Crippen LogP contribution in [0.25, 0.3) is 22.0 Å². The van der Waals surface area contributed by atoms with Crippen LogP contribution >= 0.6 is 0 Å². The molecule has 1 amide bonds. The molecule has 9 nitrogen and oxygen atoms in total. The fraction of sp³-hybridized carbons (Fsp3) is 0.239. The topological polar surface area (TPSA) is 105 Å². The Morgan fingerprint density at radius 1 is 0.764 bits per heavy atom. The summed E-state index contributed by atoms with van der Waals surface area (Å²) in [5, 5.41) is 3.56. The first-order valence-corrected chi connectivity index (χ1v) is 18.3. The van der Waals surface area contributed by atoms with Crippen molar-refractivity contribution in [2.24, 2.45) is 0 Å². The van der Waals surface area contributed by atoms with Crippen molar-refractivity contribution in [3.63, 3.8) is 0 Å². The van der Waals surface area contributed by atoms with E-state index in [2.05, 4.69) is 17.4 Å². The normalized spacial score (nSPS) is 13.3. The summed E-state index contributed by atoms with van der Waals surface area (Å²) in [7, 11) is 1.59. The Hall–Kier alpha value is -6.35. The zero-order valence-electron chi connectivity index (χ0n) is 31.6. The van der Waals surface area contributed by atoms with Crippen molar-refractivity contribution in [2.45, 2.75) is 57.8 Å². The summed E-state index contributed by atoms with van der Waals surface area (Å²) in [5.74, 6) is -0.186. The van der Waals surface area contributed by atoms with Gasteiger partial charge in [-0.2, -0.15) is 0 Å². The molecule has 0 saturated heterocycles. The van der Waals surface area contributed by atoms with E-state index in [-0.39, 0.29) is 18.9 Å². The maximum atomic E-state index is 14.5. The number of nitrogens with zero attached hydrogens (tertiary/aromatic N) is 1. The molecule has 1 heterocycles. The number of aromatic nitrogens is 1. The Morgan fingerprint density at radius 3 is 1.96 bits per heavy atom. The first kappa shape index (κ1) is 37.0. The number of alkyl carbamates (subject to hydrolysis) is 1. The molecule has 6 aromatic rings. The van der Waals surface area contributed by atoms with E-state index < -0.39 is 35.9 Å². The Labute approximate surface area is 320 Å². The number of para-hydroxylation sites is 1. The third-order valence-electron chi connectivity index (χ3n) is 9.76. The predicted molar refractivity (Wildman–Crippen MR) is 211 cm³/mol. The minimum atomic E-state index is -1.19. The van der Waals surface area contributed by atoms with Gasteiger partial charge in [-0.15, -0.1) is 0 Å². The second kappa shape index (κ2) is 15.6. The summed E-state index contributed by atoms with van der Waals surface area (Å²) < 4.78 is 24.7. The van der Waals surface area contributed by atoms with Gasteiger partial charge in [-0.1, -0.05) is 109 Å². The number of rotatable bonds is 10. The summed E-state index contributed by atoms with van der Waals surface area (Å²) in [6.07, 6.45) is -0.468. The maximum absolute atomic E-state index is 14.5. The van der Waals surface area contributed by atoms with Crippen molar-refractivity contribution in [3.8, 4) is 16.9 Å². The van der Waals surface area contributed by atoms with Gasteiger partial charge in [0.05, 0.1) is 12.6 Å². The number of carbonyl (C=O) groups is 3. The number of esters is 1. The van der Waals surface area contributed by atoms with Gasteiger partial charge < -0.3 is 24.3 Å². The molecule has 0 saturated carbocycles. The van der Waals surface area contributed by atoms with Crippen LogP contribution < -0.4 is 10.1 Å². The number of hydrogen-bond acceptors (Lipinski definition) is 7. The number of hydrogen-bond donors (Lipinski definition) is 1. The highest BCUT2D eigenvalue weighted by molar-refractivity contribution is 5.93. The number of methoxy groups -OCH3 is 1. The van der Waals surface area contributed by atoms with E-state index in [1.807, 2.05) is 116 Å². The van der Waals surface area contributed by atoms with Gasteiger partial charge in [-0.3, -0.25) is 4.57 Å². The minimum Gasteiger partial charge on any atom is -0.497 e. The third-order valence-corrected chi connectivity index (χ3v) is 9.76. The zero-order valence-corrected chi connectivity index (χ0v) is 31.6. The maximum Gasteiger partial charge on any atom is 0.419 e. The predicted octanol–water partition coefficient (Wildman–Crippen LogP) is 9.52. The summed E-state index contributed by atoms with van der Waals surface area (Å²) in [4.78, 5) is 41.6. The fourth-order valence-electron chi connectivity index (χ4n) is 7.12. The molecule has 7 rings (SSSR count). The number of benzene rings is 5. The number of fused-ring (bicyclic) bond motifs is 4. The fourth-order valence-corrected chi connectivity index (χ4v) is 7.12. The average Bonchev–Trinajstić information content (AvgIpc) is 3.71. The molecule has 1 aliphatic carbocycles. The zero-order chi connectivity index (χ0) is 38.7. The van der Waals surface area contributed by atoms with Crippen LogP contribution in [0.5, 0.6) is 5.75 Å². The lowest BCUT2D eigenvalue weighted by molar-refractivity contribution is -0.150. The van der Waals surface area contributed by atoms with Crippen LogP contribution in [0.15, 0.2) is 128 Å². The van der Waals surface area contributed by atoms with Crippen molar-refractivity contribution in [1.29, 1.82) is 0 Å². The largest absolute Gasteiger partial charge is 0.497 e. The van der Waals surface area contributed by atoms with E-state index in [4.69, 9.17) is 18.9 Å². The van der Waals surface area contributed by atoms with Gasteiger partial charge in [0.1, 0.15) is 24.0 Å². The van der Waals surface area contributed by atoms with Gasteiger partial charge in [0, 0.05) is 23.9 Å². The number of amides is 1. The second-order valence-corrected chi connectivity index (χ2v) is 14.7. The lowest BCUT2D eigenvalue weighted by Crippen LogP contribution is -2.44. The van der Waals surface area contributed by atoms with Crippen LogP contribution in [-0.2, 0) is 25.4 Å². The number of ether oxygens (including phenoxy) is 4. The lowest BCUT2D eigenvalue weighted by atomic mass is 9.98. The Kier molecular flexibility index (Phi) is 10.5. The van der Waals surface area contributed by atoms with E-state index >= 15 is 0 Å². The Balaban J connectivity index is 1.20. The summed E-state index contributed by atoms with van der Waals surface area (Å²) in [5.41, 5.74) is 7.41. The molecule has 0 bridgehead atoms. The standard InChI is InChI=1S/C46H44N2O7/c1-29-18-20-30(21-19-29)42(31-22-24-33(52-5)25-23-31)54-43(49)40(26-32-27-48(45(51)55-46(2,3)4)41-17-11-10-12-34(32)41)47-44(50)53-28-39-37-15-8-6-13-35(37)36-14-7-9-16-38(36)39/h6-25,27,39-40,42H,26,28H2,1-5H3,(H,47,50)/t40-,42?/m0/s1. The van der Waals surface area contributed by atoms with E-state index in [9.17, 15) is 14.4 Å². The van der Waals surface area contributed by atoms with Gasteiger partial charge in [-0.05, 0) is 84.8 Å². The smallest absolute Gasteiger partial charge is 0.419 e. The number of carbonyl (C=O) groups excluding carboxylic acids is 3. The van der Waals surface area contributed by atoms with Crippen molar-refractivity contribution >= 4 is 29.1 Å². The molecular weight excluding hydrogens is 693 g/mol. The molecule has 280 valence electrons. The van der Waals surface area contributed by atoms with E-state index in [1.165, 1.54) is 4.57 Å². The van der Waals surface area contributed by atoms with Gasteiger partial charge >= 0.3 is 18.2 Å². The quantitative estimate of drug-likeness (QED) is 0.110. The second-order valence-electron chi connectivity index (χ2n) is 14.7. The van der Waals surface area contributed by atoms with Crippen molar-refractivity contribution in [3.05, 3.63) is 161 Å². The third kappa shape index (κ3) is 8.11. The van der Waals surface area contributed by atoms with E-state index in [0.29, 0.717) is 16.8 Å². The van der Waals surface area contributed by atoms with Crippen LogP contribution in [0, 0.1) is 6.92 Å². The van der Waals surface area contributed by atoms with E-state index in [0.717, 1.165) is 44.3 Å². The van der Waals surface area contributed by atoms with Crippen LogP contribution in [0.4, 0.5) is 9.59 Å². The first-order valence-electron chi connectivity index (χ1n) is 18.3. The molecule has 1 unspecified atom stereocenters. The summed E-state index contributed by atoms with van der Waals surface area (Å²) in [6, 6.07) is 37.4. The van der Waals surface area contributed by atoms with Crippen molar-refractivity contribution < 1.29 is 33.3 Å². The van der Waals surface area contributed by atoms with Gasteiger partial charge in [-0.25, -0.2) is 14.4 Å². The van der Waals surface area contributed by atoms with Crippen molar-refractivity contribution in [2.75, 3.05) is 13.7 Å². The van der Waals surface area contributed by atoms with Gasteiger partial charge in [0.2, 0.25) is 0 Å². The lowest BCUT2D eigenvalue weighted by Gasteiger charge is -2.24. The molecule has 55 heavy (non-hydrogen) atoms. The molecule has 1 aromatic heterocycles. The molecular formula is C46H44N2O7. The highest BCUT2D eigenvalue weighted by Crippen LogP contribution is 2.44. The Bertz CT molecular complexity index is 2290. The molecule has 0 fully saturated rings. The first-order chi connectivity index (χ1) is 26.5. The number of nitrogens with one attached hydrogen (secondary N) is 1. The molecule has 0 aliphatic heterocycles. The highest BCUT2D eigenvalue weighted by Gasteiger charge is 2.32.